The average Bonchev–Trinajstić information content (AvgIpc) is 3.88. The Morgan fingerprint density at radius 2 is 0.901 bits per heavy atom. The van der Waals surface area contributed by atoms with Crippen molar-refractivity contribution < 1.29 is 4.42 Å². The predicted molar refractivity (Wildman–Crippen MR) is 303 cm³/mol. The molecule has 0 aliphatic heterocycles. The average molecular weight is 918 g/mol. The molecule has 0 bridgehead atoms. The fraction of sp³-hybridized carbons (Fsp3) is 0.159. The van der Waals surface area contributed by atoms with Gasteiger partial charge in [0.1, 0.15) is 11.2 Å². The van der Waals surface area contributed by atoms with Crippen LogP contribution in [0.2, 0.25) is 0 Å². The van der Waals surface area contributed by atoms with Crippen LogP contribution >= 0.6 is 0 Å². The van der Waals surface area contributed by atoms with E-state index in [1.165, 1.54) is 72.0 Å². The van der Waals surface area contributed by atoms with Crippen LogP contribution in [0.4, 0.5) is 17.1 Å². The van der Waals surface area contributed by atoms with Crippen LogP contribution in [0.3, 0.4) is 0 Å². The third-order valence-electron chi connectivity index (χ3n) is 15.2. The summed E-state index contributed by atoms with van der Waals surface area (Å²) in [5.74, 6) is 0. The zero-order valence-corrected chi connectivity index (χ0v) is 42.1. The number of rotatable bonds is 7. The molecular weight excluding hydrogens is 859 g/mol. The van der Waals surface area contributed by atoms with Crippen molar-refractivity contribution in [2.75, 3.05) is 4.90 Å². The Bertz CT molecular complexity index is 3830. The van der Waals surface area contributed by atoms with Gasteiger partial charge in [-0.05, 0) is 113 Å². The molecule has 11 aromatic rings. The number of fused-ring (bicyclic) bond motifs is 7. The van der Waals surface area contributed by atoms with Gasteiger partial charge in [0, 0.05) is 38.6 Å². The van der Waals surface area contributed by atoms with Gasteiger partial charge >= 0.3 is 0 Å². The molecule has 0 saturated heterocycles. The number of furan rings is 1. The molecule has 1 aromatic heterocycles. The third kappa shape index (κ3) is 7.39. The summed E-state index contributed by atoms with van der Waals surface area (Å²) in [5.41, 5.74) is 22.4. The second kappa shape index (κ2) is 16.6. The van der Waals surface area contributed by atoms with E-state index in [1.54, 1.807) is 0 Å². The number of anilines is 3. The standard InChI is InChI=1S/C69H59NO/c1-67(2,3)47-41-46(42-48(43-47)68(4,5)6)50-27-17-21-45-22-18-29-55(64(45)50)52-23-10-14-34-61(52)70(49-39-37-44(38-40-49)51-28-19-31-57-54-25-12-16-36-63(54)71-66(51)57)62-35-15-11-24-53(62)56-30-20-33-60-65(56)58-26-9-13-32-59(58)69(60,7)8/h9-43H,1-8H3. The van der Waals surface area contributed by atoms with Crippen LogP contribution in [0.15, 0.2) is 217 Å². The molecule has 0 amide bonds. The van der Waals surface area contributed by atoms with E-state index in [0.717, 1.165) is 55.7 Å². The maximum absolute atomic E-state index is 6.57. The highest BCUT2D eigenvalue weighted by Gasteiger charge is 2.37. The van der Waals surface area contributed by atoms with Crippen molar-refractivity contribution in [3.05, 3.63) is 235 Å². The lowest BCUT2D eigenvalue weighted by atomic mass is 9.78. The minimum absolute atomic E-state index is 0.0191. The van der Waals surface area contributed by atoms with Gasteiger partial charge in [-0.25, -0.2) is 0 Å². The lowest BCUT2D eigenvalue weighted by Crippen LogP contribution is -2.16. The zero-order chi connectivity index (χ0) is 48.8. The van der Waals surface area contributed by atoms with Crippen molar-refractivity contribution in [2.45, 2.75) is 71.6 Å². The molecule has 346 valence electrons. The van der Waals surface area contributed by atoms with Crippen LogP contribution in [0, 0.1) is 0 Å². The molecule has 0 saturated carbocycles. The second-order valence-electron chi connectivity index (χ2n) is 22.1. The van der Waals surface area contributed by atoms with Crippen molar-refractivity contribution in [2.24, 2.45) is 0 Å². The molecule has 0 spiro atoms. The Hall–Kier alpha value is -7.94. The Balaban J connectivity index is 1.10. The van der Waals surface area contributed by atoms with E-state index in [9.17, 15) is 0 Å². The van der Waals surface area contributed by atoms with E-state index in [1.807, 2.05) is 6.07 Å². The zero-order valence-electron chi connectivity index (χ0n) is 42.1. The maximum atomic E-state index is 6.57. The quantitative estimate of drug-likeness (QED) is 0.158. The summed E-state index contributed by atoms with van der Waals surface area (Å²) >= 11 is 0. The number of hydrogen-bond donors (Lipinski definition) is 0. The SMILES string of the molecule is CC(C)(C)c1cc(-c2cccc3cccc(-c4ccccc4N(c4ccc(-c5cccc6c5oc5ccccc56)cc4)c4ccccc4-c4cccc5c4-c4ccccc4C5(C)C)c23)cc(C(C)(C)C)c1. The topological polar surface area (TPSA) is 16.4 Å². The van der Waals surface area contributed by atoms with E-state index in [-0.39, 0.29) is 16.2 Å². The van der Waals surface area contributed by atoms with E-state index < -0.39 is 0 Å². The Morgan fingerprint density at radius 1 is 0.394 bits per heavy atom. The van der Waals surface area contributed by atoms with Gasteiger partial charge in [0.15, 0.2) is 0 Å². The fourth-order valence-corrected chi connectivity index (χ4v) is 11.4. The minimum atomic E-state index is -0.131. The minimum Gasteiger partial charge on any atom is -0.455 e. The summed E-state index contributed by atoms with van der Waals surface area (Å²) in [6.07, 6.45) is 0. The van der Waals surface area contributed by atoms with Crippen molar-refractivity contribution in [3.8, 4) is 55.6 Å². The largest absolute Gasteiger partial charge is 0.455 e. The van der Waals surface area contributed by atoms with Crippen molar-refractivity contribution in [1.29, 1.82) is 0 Å². The summed E-state index contributed by atoms with van der Waals surface area (Å²) in [6.45, 7) is 18.7. The van der Waals surface area contributed by atoms with Gasteiger partial charge in [-0.15, -0.1) is 0 Å². The van der Waals surface area contributed by atoms with Crippen LogP contribution in [0.1, 0.15) is 77.6 Å². The van der Waals surface area contributed by atoms with E-state index >= 15 is 0 Å². The molecule has 0 atom stereocenters. The second-order valence-corrected chi connectivity index (χ2v) is 22.1. The Kier molecular flexibility index (Phi) is 10.4. The fourth-order valence-electron chi connectivity index (χ4n) is 11.4. The lowest BCUT2D eigenvalue weighted by molar-refractivity contribution is 0.569. The Morgan fingerprint density at radius 3 is 1.59 bits per heavy atom. The number of benzene rings is 10. The van der Waals surface area contributed by atoms with Crippen LogP contribution < -0.4 is 4.90 Å². The smallest absolute Gasteiger partial charge is 0.143 e. The highest BCUT2D eigenvalue weighted by atomic mass is 16.3. The van der Waals surface area contributed by atoms with Crippen molar-refractivity contribution in [3.63, 3.8) is 0 Å². The van der Waals surface area contributed by atoms with E-state index in [4.69, 9.17) is 4.42 Å². The van der Waals surface area contributed by atoms with Crippen LogP contribution in [0.25, 0.3) is 88.3 Å². The van der Waals surface area contributed by atoms with Crippen LogP contribution in [-0.4, -0.2) is 0 Å². The summed E-state index contributed by atoms with van der Waals surface area (Å²) in [7, 11) is 0. The summed E-state index contributed by atoms with van der Waals surface area (Å²) in [5, 5.41) is 4.72. The first kappa shape index (κ1) is 44.3. The Labute approximate surface area is 418 Å². The lowest BCUT2D eigenvalue weighted by Gasteiger charge is -2.31. The molecule has 71 heavy (non-hydrogen) atoms. The van der Waals surface area contributed by atoms with Crippen LogP contribution in [-0.2, 0) is 16.2 Å². The number of nitrogens with zero attached hydrogens (tertiary/aromatic N) is 1. The molecule has 2 heteroatoms. The van der Waals surface area contributed by atoms with Gasteiger partial charge in [-0.3, -0.25) is 0 Å². The van der Waals surface area contributed by atoms with Crippen LogP contribution in [0.5, 0.6) is 0 Å². The van der Waals surface area contributed by atoms with Gasteiger partial charge in [0.2, 0.25) is 0 Å². The normalized spacial score (nSPS) is 13.2. The van der Waals surface area contributed by atoms with Gasteiger partial charge < -0.3 is 9.32 Å². The van der Waals surface area contributed by atoms with Crippen molar-refractivity contribution in [1.82, 2.24) is 0 Å². The molecule has 10 aromatic carbocycles. The molecule has 1 aliphatic carbocycles. The predicted octanol–water partition coefficient (Wildman–Crippen LogP) is 19.8. The molecule has 12 rings (SSSR count). The monoisotopic (exact) mass is 917 g/mol. The highest BCUT2D eigenvalue weighted by Crippen LogP contribution is 2.55. The number of para-hydroxylation sites is 4. The first-order valence-corrected chi connectivity index (χ1v) is 25.2. The summed E-state index contributed by atoms with van der Waals surface area (Å²) in [4.78, 5) is 2.50. The van der Waals surface area contributed by atoms with Gasteiger partial charge in [0.25, 0.3) is 0 Å². The van der Waals surface area contributed by atoms with Crippen molar-refractivity contribution >= 4 is 49.8 Å². The molecule has 0 N–H and O–H groups in total. The van der Waals surface area contributed by atoms with Gasteiger partial charge in [0.05, 0.1) is 11.4 Å². The van der Waals surface area contributed by atoms with E-state index in [0.29, 0.717) is 0 Å². The molecule has 2 nitrogen and oxygen atoms in total. The van der Waals surface area contributed by atoms with E-state index in [2.05, 4.69) is 267 Å². The van der Waals surface area contributed by atoms with Gasteiger partial charge in [-0.2, -0.15) is 0 Å². The first-order chi connectivity index (χ1) is 34.3. The molecule has 0 radical (unpaired) electrons. The number of hydrogen-bond acceptors (Lipinski definition) is 2. The molecule has 1 aliphatic rings. The maximum Gasteiger partial charge on any atom is 0.143 e. The third-order valence-corrected chi connectivity index (χ3v) is 15.2. The molecular formula is C69H59NO. The summed E-state index contributed by atoms with van der Waals surface area (Å²) < 4.78 is 6.57. The van der Waals surface area contributed by atoms with Gasteiger partial charge in [-0.1, -0.05) is 237 Å². The molecule has 1 heterocycles. The molecule has 0 unspecified atom stereocenters. The first-order valence-electron chi connectivity index (χ1n) is 25.2. The summed E-state index contributed by atoms with van der Waals surface area (Å²) in [6, 6.07) is 78.8. The molecule has 0 fully saturated rings. The highest BCUT2D eigenvalue weighted by molar-refractivity contribution is 6.11.